The van der Waals surface area contributed by atoms with Crippen LogP contribution in [-0.2, 0) is 28.6 Å². The molecule has 0 spiro atoms. The number of aliphatic hydroxyl groups is 1. The van der Waals surface area contributed by atoms with E-state index in [4.69, 9.17) is 26.4 Å². The van der Waals surface area contributed by atoms with Crippen molar-refractivity contribution in [1.29, 1.82) is 0 Å². The number of thiocarbonyl (C=S) groups is 1. The van der Waals surface area contributed by atoms with Crippen LogP contribution < -0.4 is 5.32 Å². The lowest BCUT2D eigenvalue weighted by molar-refractivity contribution is -0.209. The second-order valence-corrected chi connectivity index (χ2v) is 7.61. The number of hydrogen-bond donors (Lipinski definition) is 2. The number of amides is 1. The number of thioether (sulfide) groups is 1. The summed E-state index contributed by atoms with van der Waals surface area (Å²) in [6, 6.07) is -0.841. The van der Waals surface area contributed by atoms with Crippen LogP contribution in [0.1, 0.15) is 20.8 Å². The molecule has 1 aliphatic rings. The number of carbonyl (C=O) groups excluding carboxylic acids is 3. The minimum atomic E-state index is -1.08. The first kappa shape index (κ1) is 22.6. The molecule has 1 amide bonds. The second kappa shape index (κ2) is 10.0. The van der Waals surface area contributed by atoms with Gasteiger partial charge in [-0.05, 0) is 0 Å². The molecule has 1 saturated heterocycles. The molecule has 2 N–H and O–H groups in total. The van der Waals surface area contributed by atoms with E-state index in [1.807, 2.05) is 0 Å². The molecule has 26 heavy (non-hydrogen) atoms. The standard InChI is InChI=1S/C15H24N2O7S2/c1-7(19)16-11-13(23-9(3)21)12(22-8(2)20)10(6-18)24-14(11)26-15(25)17(4)5/h10-14,18H,6H2,1-5H3,(H,16,19)/t10-,11-,12-,13-,14+/m1/s1. The van der Waals surface area contributed by atoms with Gasteiger partial charge in [-0.2, -0.15) is 0 Å². The molecule has 0 unspecified atom stereocenters. The predicted octanol–water partition coefficient (Wildman–Crippen LogP) is -0.349. The summed E-state index contributed by atoms with van der Waals surface area (Å²) >= 11 is 6.39. The van der Waals surface area contributed by atoms with Crippen LogP contribution in [0.3, 0.4) is 0 Å². The van der Waals surface area contributed by atoms with Crippen LogP contribution in [0.5, 0.6) is 0 Å². The minimum absolute atomic E-state index is 0.388. The van der Waals surface area contributed by atoms with Crippen LogP contribution in [0.2, 0.25) is 0 Å². The molecule has 148 valence electrons. The fourth-order valence-electron chi connectivity index (χ4n) is 2.41. The molecule has 1 fully saturated rings. The molecule has 1 aliphatic heterocycles. The van der Waals surface area contributed by atoms with E-state index in [0.717, 1.165) is 11.8 Å². The summed E-state index contributed by atoms with van der Waals surface area (Å²) < 4.78 is 16.8. The number of rotatable bonds is 5. The van der Waals surface area contributed by atoms with Gasteiger partial charge in [0.25, 0.3) is 0 Å². The fourth-order valence-corrected chi connectivity index (χ4v) is 3.67. The highest BCUT2D eigenvalue weighted by molar-refractivity contribution is 8.23. The number of hydrogen-bond acceptors (Lipinski definition) is 9. The molecule has 0 radical (unpaired) electrons. The number of aliphatic hydroxyl groups excluding tert-OH is 1. The molecule has 0 aromatic carbocycles. The summed E-state index contributed by atoms with van der Waals surface area (Å²) in [5.41, 5.74) is -0.762. The largest absolute Gasteiger partial charge is 0.456 e. The Balaban J connectivity index is 3.25. The molecule has 0 aromatic heterocycles. The normalized spacial score (nSPS) is 28.0. The molecule has 0 saturated carbocycles. The van der Waals surface area contributed by atoms with Crippen molar-refractivity contribution in [2.45, 2.75) is 50.6 Å². The van der Waals surface area contributed by atoms with Gasteiger partial charge in [0.05, 0.1) is 6.61 Å². The zero-order valence-corrected chi connectivity index (χ0v) is 16.9. The van der Waals surface area contributed by atoms with Gasteiger partial charge in [-0.1, -0.05) is 24.0 Å². The van der Waals surface area contributed by atoms with E-state index in [0.29, 0.717) is 4.32 Å². The maximum absolute atomic E-state index is 11.7. The molecule has 5 atom stereocenters. The van der Waals surface area contributed by atoms with Gasteiger partial charge in [-0.25, -0.2) is 0 Å². The van der Waals surface area contributed by atoms with Gasteiger partial charge in [-0.15, -0.1) is 0 Å². The molecule has 11 heteroatoms. The maximum atomic E-state index is 11.7. The van der Waals surface area contributed by atoms with E-state index in [1.54, 1.807) is 19.0 Å². The molecular formula is C15H24N2O7S2. The van der Waals surface area contributed by atoms with Crippen molar-refractivity contribution in [2.75, 3.05) is 20.7 Å². The monoisotopic (exact) mass is 408 g/mol. The van der Waals surface area contributed by atoms with Crippen LogP contribution in [0, 0.1) is 0 Å². The molecule has 0 aromatic rings. The smallest absolute Gasteiger partial charge is 0.303 e. The van der Waals surface area contributed by atoms with Crippen molar-refractivity contribution in [3.8, 4) is 0 Å². The lowest BCUT2D eigenvalue weighted by Crippen LogP contribution is -2.65. The molecule has 1 rings (SSSR count). The number of esters is 2. The zero-order valence-electron chi connectivity index (χ0n) is 15.3. The third-order valence-electron chi connectivity index (χ3n) is 3.38. The van der Waals surface area contributed by atoms with E-state index in [2.05, 4.69) is 5.32 Å². The second-order valence-electron chi connectivity index (χ2n) is 5.88. The summed E-state index contributed by atoms with van der Waals surface area (Å²) in [7, 11) is 3.50. The summed E-state index contributed by atoms with van der Waals surface area (Å²) in [4.78, 5) is 36.4. The van der Waals surface area contributed by atoms with Gasteiger partial charge in [0.15, 0.2) is 12.2 Å². The number of nitrogens with one attached hydrogen (secondary N) is 1. The van der Waals surface area contributed by atoms with Crippen molar-refractivity contribution < 1.29 is 33.7 Å². The van der Waals surface area contributed by atoms with E-state index in [1.165, 1.54) is 20.8 Å². The Morgan fingerprint density at radius 1 is 1.15 bits per heavy atom. The Hall–Kier alpha value is -1.43. The Kier molecular flexibility index (Phi) is 8.74. The lowest BCUT2D eigenvalue weighted by atomic mass is 9.97. The van der Waals surface area contributed by atoms with Crippen molar-refractivity contribution in [3.63, 3.8) is 0 Å². The highest BCUT2D eigenvalue weighted by Crippen LogP contribution is 2.33. The van der Waals surface area contributed by atoms with Gasteiger partial charge >= 0.3 is 11.9 Å². The fraction of sp³-hybridized carbons (Fsp3) is 0.733. The van der Waals surface area contributed by atoms with Crippen LogP contribution in [0.15, 0.2) is 0 Å². The number of ether oxygens (including phenoxy) is 3. The van der Waals surface area contributed by atoms with E-state index >= 15 is 0 Å². The average Bonchev–Trinajstić information content (AvgIpc) is 2.51. The maximum Gasteiger partial charge on any atom is 0.303 e. The van der Waals surface area contributed by atoms with Gasteiger partial charge in [0.1, 0.15) is 21.9 Å². The SMILES string of the molecule is CC(=O)N[C@@H]1[C@@H](OC(C)=O)[C@H](OC(C)=O)[C@@H](CO)O[C@H]1SC(=S)N(C)C. The van der Waals surface area contributed by atoms with Gasteiger partial charge < -0.3 is 29.5 Å². The van der Waals surface area contributed by atoms with Crippen molar-refractivity contribution in [1.82, 2.24) is 10.2 Å². The van der Waals surface area contributed by atoms with Crippen LogP contribution in [0.25, 0.3) is 0 Å². The molecule has 0 bridgehead atoms. The third kappa shape index (κ3) is 6.38. The van der Waals surface area contributed by atoms with Crippen molar-refractivity contribution >= 4 is 46.1 Å². The molecule has 0 aliphatic carbocycles. The summed E-state index contributed by atoms with van der Waals surface area (Å²) in [6.07, 6.45) is -3.08. The van der Waals surface area contributed by atoms with Crippen molar-refractivity contribution in [2.24, 2.45) is 0 Å². The molecular weight excluding hydrogens is 384 g/mol. The molecule has 9 nitrogen and oxygen atoms in total. The summed E-state index contributed by atoms with van der Waals surface area (Å²) in [5.74, 6) is -1.65. The van der Waals surface area contributed by atoms with Crippen molar-refractivity contribution in [3.05, 3.63) is 0 Å². The van der Waals surface area contributed by atoms with Gasteiger partial charge in [-0.3, -0.25) is 14.4 Å². The molecule has 1 heterocycles. The lowest BCUT2D eigenvalue weighted by Gasteiger charge is -2.45. The number of carbonyl (C=O) groups is 3. The Morgan fingerprint density at radius 2 is 1.69 bits per heavy atom. The highest BCUT2D eigenvalue weighted by atomic mass is 32.2. The minimum Gasteiger partial charge on any atom is -0.456 e. The summed E-state index contributed by atoms with van der Waals surface area (Å²) in [5, 5.41) is 12.3. The third-order valence-corrected chi connectivity index (χ3v) is 5.24. The highest BCUT2D eigenvalue weighted by Gasteiger charge is 2.50. The van der Waals surface area contributed by atoms with Crippen LogP contribution in [-0.4, -0.2) is 82.7 Å². The van der Waals surface area contributed by atoms with Crippen LogP contribution in [0.4, 0.5) is 0 Å². The van der Waals surface area contributed by atoms with Gasteiger partial charge in [0.2, 0.25) is 5.91 Å². The van der Waals surface area contributed by atoms with E-state index in [9.17, 15) is 19.5 Å². The first-order valence-electron chi connectivity index (χ1n) is 7.82. The average molecular weight is 408 g/mol. The van der Waals surface area contributed by atoms with Crippen LogP contribution >= 0.6 is 24.0 Å². The number of nitrogens with zero attached hydrogens (tertiary/aromatic N) is 1. The summed E-state index contributed by atoms with van der Waals surface area (Å²) in [6.45, 7) is 3.21. The van der Waals surface area contributed by atoms with E-state index < -0.39 is 48.3 Å². The quantitative estimate of drug-likeness (QED) is 0.462. The first-order valence-corrected chi connectivity index (χ1v) is 9.11. The Labute approximate surface area is 161 Å². The first-order chi connectivity index (χ1) is 12.1. The predicted molar refractivity (Wildman–Crippen MR) is 98.3 cm³/mol. The Morgan fingerprint density at radius 3 is 2.12 bits per heavy atom. The van der Waals surface area contributed by atoms with E-state index in [-0.39, 0.29) is 5.91 Å². The van der Waals surface area contributed by atoms with Gasteiger partial charge in [0, 0.05) is 34.9 Å². The Bertz CT molecular complexity index is 558. The topological polar surface area (TPSA) is 114 Å². The zero-order chi connectivity index (χ0) is 20.0.